The summed E-state index contributed by atoms with van der Waals surface area (Å²) in [6.45, 7) is 0.733. The molecule has 2 aromatic heterocycles. The second kappa shape index (κ2) is 6.74. The Balaban J connectivity index is 1.99. The molecule has 0 radical (unpaired) electrons. The number of hydrogen-bond acceptors (Lipinski definition) is 6. The molecule has 0 aliphatic carbocycles. The normalized spacial score (nSPS) is 10.8. The molecule has 0 spiro atoms. The van der Waals surface area contributed by atoms with Crippen LogP contribution in [0.4, 0.5) is 0 Å². The van der Waals surface area contributed by atoms with Crippen molar-refractivity contribution in [2.75, 3.05) is 7.11 Å². The number of pyridine rings is 2. The molecule has 0 aliphatic rings. The predicted molar refractivity (Wildman–Crippen MR) is 90.1 cm³/mol. The molecule has 0 saturated carbocycles. The van der Waals surface area contributed by atoms with E-state index < -0.39 is 0 Å². The van der Waals surface area contributed by atoms with E-state index >= 15 is 0 Å². The van der Waals surface area contributed by atoms with Crippen molar-refractivity contribution < 1.29 is 4.74 Å². The Labute approximate surface area is 133 Å². The monoisotopic (exact) mass is 312 g/mol. The fourth-order valence-electron chi connectivity index (χ4n) is 2.30. The molecule has 3 rings (SSSR count). The highest BCUT2D eigenvalue weighted by atomic mass is 32.2. The summed E-state index contributed by atoms with van der Waals surface area (Å²) in [7, 11) is 1.60. The Hall–Kier alpha value is -2.15. The Morgan fingerprint density at radius 2 is 1.95 bits per heavy atom. The fraction of sp³-hybridized carbons (Fsp3) is 0.125. The van der Waals surface area contributed by atoms with E-state index in [1.807, 2.05) is 18.2 Å². The van der Waals surface area contributed by atoms with Gasteiger partial charge in [-0.3, -0.25) is 5.14 Å². The average Bonchev–Trinajstić information content (AvgIpc) is 2.59. The van der Waals surface area contributed by atoms with Gasteiger partial charge in [-0.2, -0.15) is 4.98 Å². The van der Waals surface area contributed by atoms with Gasteiger partial charge in [-0.15, -0.1) is 0 Å². The Bertz CT molecular complexity index is 777. The SMILES string of the molecule is COc1ccc2c(-c3ccc(CNSN)cc3)ccnc2n1. The highest BCUT2D eigenvalue weighted by Gasteiger charge is 2.07. The molecule has 3 aromatic rings. The van der Waals surface area contributed by atoms with Gasteiger partial charge in [0.2, 0.25) is 5.88 Å². The van der Waals surface area contributed by atoms with Gasteiger partial charge in [0.1, 0.15) is 0 Å². The van der Waals surface area contributed by atoms with Crippen LogP contribution in [-0.2, 0) is 6.54 Å². The second-order valence-corrected chi connectivity index (χ2v) is 5.24. The molecule has 0 fully saturated rings. The van der Waals surface area contributed by atoms with Gasteiger partial charge < -0.3 is 4.74 Å². The van der Waals surface area contributed by atoms with Crippen LogP contribution in [0.1, 0.15) is 5.56 Å². The molecule has 0 unspecified atom stereocenters. The predicted octanol–water partition coefficient (Wildman–Crippen LogP) is 2.92. The minimum atomic E-state index is 0.567. The number of ether oxygens (including phenoxy) is 1. The number of fused-ring (bicyclic) bond motifs is 1. The third kappa shape index (κ3) is 3.04. The molecule has 0 atom stereocenters. The first-order valence-electron chi connectivity index (χ1n) is 6.79. The van der Waals surface area contributed by atoms with Crippen LogP contribution in [0.3, 0.4) is 0 Å². The summed E-state index contributed by atoms with van der Waals surface area (Å²) in [6, 6.07) is 14.2. The number of benzene rings is 1. The van der Waals surface area contributed by atoms with E-state index in [-0.39, 0.29) is 0 Å². The lowest BCUT2D eigenvalue weighted by atomic mass is 10.0. The van der Waals surface area contributed by atoms with Crippen LogP contribution in [0.2, 0.25) is 0 Å². The van der Waals surface area contributed by atoms with Crippen LogP contribution in [0.15, 0.2) is 48.7 Å². The van der Waals surface area contributed by atoms with Crippen LogP contribution in [0, 0.1) is 0 Å². The molecule has 0 aliphatic heterocycles. The second-order valence-electron chi connectivity index (χ2n) is 4.72. The Morgan fingerprint density at radius 3 is 2.68 bits per heavy atom. The number of hydrogen-bond donors (Lipinski definition) is 2. The fourth-order valence-corrected chi connectivity index (χ4v) is 2.55. The molecule has 0 saturated heterocycles. The van der Waals surface area contributed by atoms with E-state index in [1.165, 1.54) is 5.56 Å². The van der Waals surface area contributed by atoms with Gasteiger partial charge in [0.05, 0.1) is 7.11 Å². The van der Waals surface area contributed by atoms with Crippen molar-refractivity contribution >= 4 is 23.2 Å². The van der Waals surface area contributed by atoms with Gasteiger partial charge in [0.25, 0.3) is 0 Å². The molecule has 1 aromatic carbocycles. The lowest BCUT2D eigenvalue weighted by Gasteiger charge is -2.08. The third-order valence-corrected chi connectivity index (χ3v) is 3.72. The summed E-state index contributed by atoms with van der Waals surface area (Å²) in [5.41, 5.74) is 4.10. The van der Waals surface area contributed by atoms with Gasteiger partial charge in [0, 0.05) is 36.3 Å². The first-order chi connectivity index (χ1) is 10.8. The summed E-state index contributed by atoms with van der Waals surface area (Å²) in [6.07, 6.45) is 1.77. The highest BCUT2D eigenvalue weighted by Crippen LogP contribution is 2.28. The van der Waals surface area contributed by atoms with E-state index in [9.17, 15) is 0 Å². The summed E-state index contributed by atoms with van der Waals surface area (Å²) >= 11 is 1.12. The molecule has 6 heteroatoms. The summed E-state index contributed by atoms with van der Waals surface area (Å²) < 4.78 is 8.18. The van der Waals surface area contributed by atoms with Crippen LogP contribution in [0.25, 0.3) is 22.2 Å². The maximum Gasteiger partial charge on any atom is 0.215 e. The van der Waals surface area contributed by atoms with Crippen molar-refractivity contribution in [1.29, 1.82) is 0 Å². The van der Waals surface area contributed by atoms with E-state index in [4.69, 9.17) is 9.88 Å². The van der Waals surface area contributed by atoms with Crippen molar-refractivity contribution in [1.82, 2.24) is 14.7 Å². The topological polar surface area (TPSA) is 73.1 Å². The van der Waals surface area contributed by atoms with Gasteiger partial charge in [-0.25, -0.2) is 9.71 Å². The first kappa shape index (κ1) is 14.8. The molecule has 0 bridgehead atoms. The largest absolute Gasteiger partial charge is 0.481 e. The minimum Gasteiger partial charge on any atom is -0.481 e. The van der Waals surface area contributed by atoms with Crippen molar-refractivity contribution in [3.63, 3.8) is 0 Å². The lowest BCUT2D eigenvalue weighted by molar-refractivity contribution is 0.399. The van der Waals surface area contributed by atoms with Gasteiger partial charge in [-0.05, 0) is 28.8 Å². The average molecular weight is 312 g/mol. The van der Waals surface area contributed by atoms with Gasteiger partial charge in [0.15, 0.2) is 5.65 Å². The van der Waals surface area contributed by atoms with E-state index in [0.29, 0.717) is 11.5 Å². The van der Waals surface area contributed by atoms with Crippen molar-refractivity contribution in [2.45, 2.75) is 6.54 Å². The smallest absolute Gasteiger partial charge is 0.215 e. The summed E-state index contributed by atoms with van der Waals surface area (Å²) in [4.78, 5) is 8.69. The molecular formula is C16H16N4OS. The van der Waals surface area contributed by atoms with Gasteiger partial charge >= 0.3 is 0 Å². The molecular weight excluding hydrogens is 296 g/mol. The zero-order valence-corrected chi connectivity index (χ0v) is 12.9. The van der Waals surface area contributed by atoms with Crippen molar-refractivity contribution in [2.24, 2.45) is 5.14 Å². The zero-order valence-electron chi connectivity index (χ0n) is 12.1. The number of nitrogens with zero attached hydrogens (tertiary/aromatic N) is 2. The molecule has 2 heterocycles. The molecule has 0 amide bonds. The van der Waals surface area contributed by atoms with Crippen LogP contribution < -0.4 is 14.6 Å². The van der Waals surface area contributed by atoms with E-state index in [1.54, 1.807) is 13.3 Å². The standard InChI is InChI=1S/C16H16N4OS/c1-21-15-7-6-14-13(8-9-18-16(14)20-15)12-4-2-11(3-5-12)10-19-22-17/h2-9,19H,10,17H2,1H3. The number of nitrogens with two attached hydrogens (primary N) is 1. The number of rotatable bonds is 5. The zero-order chi connectivity index (χ0) is 15.4. The van der Waals surface area contributed by atoms with Crippen molar-refractivity contribution in [3.8, 4) is 17.0 Å². The Kier molecular flexibility index (Phi) is 4.53. The Morgan fingerprint density at radius 1 is 1.14 bits per heavy atom. The highest BCUT2D eigenvalue weighted by molar-refractivity contribution is 7.95. The lowest BCUT2D eigenvalue weighted by Crippen LogP contribution is -2.05. The van der Waals surface area contributed by atoms with E-state index in [2.05, 4.69) is 39.0 Å². The number of methoxy groups -OCH3 is 1. The van der Waals surface area contributed by atoms with Gasteiger partial charge in [-0.1, -0.05) is 24.3 Å². The molecule has 112 valence electrons. The third-order valence-electron chi connectivity index (χ3n) is 3.41. The molecule has 5 nitrogen and oxygen atoms in total. The maximum absolute atomic E-state index is 5.36. The van der Waals surface area contributed by atoms with E-state index in [0.717, 1.165) is 35.2 Å². The van der Waals surface area contributed by atoms with Crippen molar-refractivity contribution in [3.05, 3.63) is 54.2 Å². The van der Waals surface area contributed by atoms with Crippen LogP contribution in [0.5, 0.6) is 5.88 Å². The number of aromatic nitrogens is 2. The number of nitrogens with one attached hydrogen (secondary N) is 1. The summed E-state index contributed by atoms with van der Waals surface area (Å²) in [5, 5.41) is 6.37. The van der Waals surface area contributed by atoms with Crippen LogP contribution >= 0.6 is 12.1 Å². The first-order valence-corrected chi connectivity index (χ1v) is 7.67. The molecule has 3 N–H and O–H groups in total. The van der Waals surface area contributed by atoms with Crippen LogP contribution in [-0.4, -0.2) is 17.1 Å². The molecule has 22 heavy (non-hydrogen) atoms. The minimum absolute atomic E-state index is 0.567. The summed E-state index contributed by atoms with van der Waals surface area (Å²) in [5.74, 6) is 0.567. The maximum atomic E-state index is 5.36. The quantitative estimate of drug-likeness (QED) is 0.706.